The number of hydrogen-bond acceptors (Lipinski definition) is 3. The fourth-order valence-corrected chi connectivity index (χ4v) is 2.54. The Hall–Kier alpha value is -2.50. The van der Waals surface area contributed by atoms with E-state index in [-0.39, 0.29) is 12.1 Å². The minimum Gasteiger partial charge on any atom is -0.489 e. The van der Waals surface area contributed by atoms with Crippen molar-refractivity contribution in [3.05, 3.63) is 47.3 Å². The molecular weight excluding hydrogens is 304 g/mol. The quantitative estimate of drug-likeness (QED) is 0.820. The van der Waals surface area contributed by atoms with Crippen LogP contribution in [0, 0.1) is 13.8 Å². The van der Waals surface area contributed by atoms with E-state index in [0.29, 0.717) is 13.1 Å². The molecule has 1 atom stereocenters. The van der Waals surface area contributed by atoms with E-state index in [1.54, 1.807) is 0 Å². The second kappa shape index (κ2) is 8.38. The molecule has 0 fully saturated rings. The molecule has 0 spiro atoms. The summed E-state index contributed by atoms with van der Waals surface area (Å²) in [6.07, 6.45) is -0.107. The van der Waals surface area contributed by atoms with Crippen molar-refractivity contribution in [1.29, 1.82) is 0 Å². The van der Waals surface area contributed by atoms with Crippen molar-refractivity contribution < 1.29 is 9.53 Å². The lowest BCUT2D eigenvalue weighted by molar-refractivity contribution is 0.207. The van der Waals surface area contributed by atoms with Crippen molar-refractivity contribution in [2.24, 2.45) is 0 Å². The highest BCUT2D eigenvalue weighted by Gasteiger charge is 2.12. The molecule has 0 radical (unpaired) electrons. The van der Waals surface area contributed by atoms with Crippen molar-refractivity contribution in [1.82, 2.24) is 20.4 Å². The fraction of sp³-hybridized carbons (Fsp3) is 0.444. The number of benzene rings is 1. The molecule has 6 nitrogen and oxygen atoms in total. The lowest BCUT2D eigenvalue weighted by Crippen LogP contribution is -2.40. The second-order valence-electron chi connectivity index (χ2n) is 5.77. The van der Waals surface area contributed by atoms with E-state index in [0.717, 1.165) is 29.2 Å². The molecule has 1 unspecified atom stereocenters. The van der Waals surface area contributed by atoms with Gasteiger partial charge < -0.3 is 15.4 Å². The van der Waals surface area contributed by atoms with Crippen LogP contribution in [0.5, 0.6) is 5.75 Å². The summed E-state index contributed by atoms with van der Waals surface area (Å²) in [4.78, 5) is 12.0. The number of rotatable bonds is 7. The van der Waals surface area contributed by atoms with Crippen LogP contribution in [-0.4, -0.2) is 28.5 Å². The van der Waals surface area contributed by atoms with Gasteiger partial charge in [0.1, 0.15) is 11.9 Å². The van der Waals surface area contributed by atoms with E-state index in [9.17, 15) is 4.79 Å². The number of amides is 2. The average molecular weight is 330 g/mol. The standard InChI is InChI=1S/C18H26N4O2/c1-5-22-15(4)17(14(3)21-22)12-20-18(23)19-11-13(2)24-16-9-7-6-8-10-16/h6-10,13H,5,11-12H2,1-4H3,(H2,19,20,23). The summed E-state index contributed by atoms with van der Waals surface area (Å²) < 4.78 is 7.67. The first-order valence-electron chi connectivity index (χ1n) is 8.27. The average Bonchev–Trinajstić information content (AvgIpc) is 2.85. The summed E-state index contributed by atoms with van der Waals surface area (Å²) in [6.45, 7) is 9.69. The molecule has 1 aromatic heterocycles. The molecule has 0 bridgehead atoms. The van der Waals surface area contributed by atoms with Gasteiger partial charge in [0.05, 0.1) is 12.2 Å². The predicted molar refractivity (Wildman–Crippen MR) is 94.1 cm³/mol. The maximum atomic E-state index is 12.0. The minimum absolute atomic E-state index is 0.107. The van der Waals surface area contributed by atoms with Crippen LogP contribution in [0.25, 0.3) is 0 Å². The number of urea groups is 1. The minimum atomic E-state index is -0.207. The van der Waals surface area contributed by atoms with Gasteiger partial charge in [-0.15, -0.1) is 0 Å². The van der Waals surface area contributed by atoms with E-state index in [4.69, 9.17) is 4.74 Å². The van der Waals surface area contributed by atoms with E-state index >= 15 is 0 Å². The van der Waals surface area contributed by atoms with Crippen molar-refractivity contribution in [2.45, 2.75) is 46.9 Å². The highest BCUT2D eigenvalue weighted by molar-refractivity contribution is 5.73. The second-order valence-corrected chi connectivity index (χ2v) is 5.77. The Morgan fingerprint density at radius 1 is 1.25 bits per heavy atom. The molecule has 6 heteroatoms. The van der Waals surface area contributed by atoms with Gasteiger partial charge >= 0.3 is 6.03 Å². The van der Waals surface area contributed by atoms with E-state index in [2.05, 4.69) is 22.7 Å². The van der Waals surface area contributed by atoms with Gasteiger partial charge in [-0.3, -0.25) is 4.68 Å². The van der Waals surface area contributed by atoms with E-state index in [1.807, 2.05) is 55.8 Å². The lowest BCUT2D eigenvalue weighted by atomic mass is 10.2. The van der Waals surface area contributed by atoms with Crippen molar-refractivity contribution in [2.75, 3.05) is 6.54 Å². The molecule has 2 amide bonds. The van der Waals surface area contributed by atoms with E-state index < -0.39 is 0 Å². The van der Waals surface area contributed by atoms with Crippen LogP contribution in [0.2, 0.25) is 0 Å². The molecular formula is C18H26N4O2. The zero-order valence-electron chi connectivity index (χ0n) is 14.8. The number of hydrogen-bond donors (Lipinski definition) is 2. The highest BCUT2D eigenvalue weighted by atomic mass is 16.5. The molecule has 0 saturated carbocycles. The number of para-hydroxylation sites is 1. The Labute approximate surface area is 143 Å². The zero-order chi connectivity index (χ0) is 17.5. The third kappa shape index (κ3) is 4.75. The Bertz CT molecular complexity index is 667. The highest BCUT2D eigenvalue weighted by Crippen LogP contribution is 2.12. The third-order valence-electron chi connectivity index (χ3n) is 3.89. The SMILES string of the molecule is CCn1nc(C)c(CNC(=O)NCC(C)Oc2ccccc2)c1C. The third-order valence-corrected chi connectivity index (χ3v) is 3.89. The summed E-state index contributed by atoms with van der Waals surface area (Å²) in [6, 6.07) is 9.36. The van der Waals surface area contributed by atoms with Crippen LogP contribution < -0.4 is 15.4 Å². The Kier molecular flexibility index (Phi) is 6.23. The molecule has 0 aliphatic carbocycles. The topological polar surface area (TPSA) is 68.2 Å². The van der Waals surface area contributed by atoms with Gasteiger partial charge in [0.15, 0.2) is 0 Å². The number of carbonyl (C=O) groups is 1. The van der Waals surface area contributed by atoms with Crippen LogP contribution in [0.1, 0.15) is 30.8 Å². The van der Waals surface area contributed by atoms with Gasteiger partial charge in [0.2, 0.25) is 0 Å². The van der Waals surface area contributed by atoms with Crippen molar-refractivity contribution in [3.8, 4) is 5.75 Å². The molecule has 0 aliphatic heterocycles. The summed E-state index contributed by atoms with van der Waals surface area (Å²) >= 11 is 0. The van der Waals surface area contributed by atoms with Crippen LogP contribution in [0.3, 0.4) is 0 Å². The molecule has 24 heavy (non-hydrogen) atoms. The maximum absolute atomic E-state index is 12.0. The van der Waals surface area contributed by atoms with Gasteiger partial charge in [0, 0.05) is 24.3 Å². The molecule has 1 aromatic carbocycles. The normalized spacial score (nSPS) is 11.8. The van der Waals surface area contributed by atoms with Crippen LogP contribution >= 0.6 is 0 Å². The number of ether oxygens (including phenoxy) is 1. The number of nitrogens with zero attached hydrogens (tertiary/aromatic N) is 2. The number of carbonyl (C=O) groups excluding carboxylic acids is 1. The monoisotopic (exact) mass is 330 g/mol. The molecule has 2 rings (SSSR count). The van der Waals surface area contributed by atoms with Gasteiger partial charge in [-0.05, 0) is 39.8 Å². The molecule has 2 aromatic rings. The van der Waals surface area contributed by atoms with Gasteiger partial charge in [-0.1, -0.05) is 18.2 Å². The summed E-state index contributed by atoms with van der Waals surface area (Å²) in [5.74, 6) is 0.797. The molecule has 130 valence electrons. The fourth-order valence-electron chi connectivity index (χ4n) is 2.54. The first-order valence-corrected chi connectivity index (χ1v) is 8.27. The largest absolute Gasteiger partial charge is 0.489 e. The maximum Gasteiger partial charge on any atom is 0.315 e. The predicted octanol–water partition coefficient (Wildman–Crippen LogP) is 2.79. The summed E-state index contributed by atoms with van der Waals surface area (Å²) in [7, 11) is 0. The summed E-state index contributed by atoms with van der Waals surface area (Å²) in [5.41, 5.74) is 3.12. The van der Waals surface area contributed by atoms with E-state index in [1.165, 1.54) is 0 Å². The number of aromatic nitrogens is 2. The number of nitrogens with one attached hydrogen (secondary N) is 2. The Balaban J connectivity index is 1.76. The van der Waals surface area contributed by atoms with Gasteiger partial charge in [-0.2, -0.15) is 5.10 Å². The molecule has 0 saturated heterocycles. The molecule has 2 N–H and O–H groups in total. The smallest absolute Gasteiger partial charge is 0.315 e. The first kappa shape index (κ1) is 17.8. The van der Waals surface area contributed by atoms with Crippen LogP contribution in [-0.2, 0) is 13.1 Å². The Morgan fingerprint density at radius 2 is 1.96 bits per heavy atom. The zero-order valence-corrected chi connectivity index (χ0v) is 14.8. The molecule has 1 heterocycles. The molecule has 0 aliphatic rings. The van der Waals surface area contributed by atoms with Crippen LogP contribution in [0.15, 0.2) is 30.3 Å². The van der Waals surface area contributed by atoms with Gasteiger partial charge in [-0.25, -0.2) is 4.79 Å². The van der Waals surface area contributed by atoms with Gasteiger partial charge in [0.25, 0.3) is 0 Å². The van der Waals surface area contributed by atoms with Crippen LogP contribution in [0.4, 0.5) is 4.79 Å². The van der Waals surface area contributed by atoms with Crippen molar-refractivity contribution >= 4 is 6.03 Å². The van der Waals surface area contributed by atoms with Crippen molar-refractivity contribution in [3.63, 3.8) is 0 Å². The Morgan fingerprint density at radius 3 is 2.58 bits per heavy atom. The lowest BCUT2D eigenvalue weighted by Gasteiger charge is -2.15. The first-order chi connectivity index (χ1) is 11.5. The number of aryl methyl sites for hydroxylation is 2. The summed E-state index contributed by atoms with van der Waals surface area (Å²) in [5, 5.41) is 10.2.